The molecule has 0 amide bonds. The van der Waals surface area contributed by atoms with Gasteiger partial charge < -0.3 is 4.74 Å². The van der Waals surface area contributed by atoms with Crippen LogP contribution in [-0.2, 0) is 6.54 Å². The predicted molar refractivity (Wildman–Crippen MR) is 103 cm³/mol. The average molecular weight is 351 g/mol. The van der Waals surface area contributed by atoms with Crippen LogP contribution in [0.5, 0.6) is 5.75 Å². The van der Waals surface area contributed by atoms with Crippen molar-refractivity contribution in [3.8, 4) is 5.75 Å². The summed E-state index contributed by atoms with van der Waals surface area (Å²) in [5.41, 5.74) is 2.92. The van der Waals surface area contributed by atoms with E-state index in [4.69, 9.17) is 4.74 Å². The van der Waals surface area contributed by atoms with Gasteiger partial charge in [0.2, 0.25) is 0 Å². The molecule has 0 aliphatic carbocycles. The molecular formula is C23H26FNO. The normalized spacial score (nSPS) is 22.7. The lowest BCUT2D eigenvalue weighted by atomic mass is 9.84. The third kappa shape index (κ3) is 4.16. The molecule has 2 aliphatic heterocycles. The van der Waals surface area contributed by atoms with Crippen LogP contribution in [0.15, 0.2) is 66.2 Å². The summed E-state index contributed by atoms with van der Waals surface area (Å²) in [4.78, 5) is 2.68. The molecule has 0 saturated carbocycles. The third-order valence-corrected chi connectivity index (χ3v) is 5.57. The fourth-order valence-electron chi connectivity index (χ4n) is 4.26. The van der Waals surface area contributed by atoms with Gasteiger partial charge >= 0.3 is 0 Å². The molecular weight excluding hydrogens is 325 g/mol. The molecule has 0 N–H and O–H groups in total. The van der Waals surface area contributed by atoms with Gasteiger partial charge in [0.15, 0.2) is 0 Å². The number of benzene rings is 2. The minimum Gasteiger partial charge on any atom is -0.493 e. The number of hydrogen-bond acceptors (Lipinski definition) is 2. The van der Waals surface area contributed by atoms with E-state index in [0.717, 1.165) is 25.1 Å². The van der Waals surface area contributed by atoms with Crippen LogP contribution < -0.4 is 4.74 Å². The number of fused-ring (bicyclic) bond motifs is 2. The molecule has 2 aromatic rings. The van der Waals surface area contributed by atoms with Crippen LogP contribution in [0.3, 0.4) is 0 Å². The van der Waals surface area contributed by atoms with Gasteiger partial charge in [0, 0.05) is 25.0 Å². The Morgan fingerprint density at radius 2 is 1.81 bits per heavy atom. The van der Waals surface area contributed by atoms with Gasteiger partial charge in [-0.15, -0.1) is 0 Å². The number of piperidine rings is 1. The molecule has 0 radical (unpaired) electrons. The Morgan fingerprint density at radius 3 is 2.58 bits per heavy atom. The largest absolute Gasteiger partial charge is 0.493 e. The van der Waals surface area contributed by atoms with Crippen LogP contribution in [0, 0.1) is 5.82 Å². The van der Waals surface area contributed by atoms with E-state index in [1.54, 1.807) is 12.1 Å². The fourth-order valence-corrected chi connectivity index (χ4v) is 4.26. The Kier molecular flexibility index (Phi) is 5.35. The van der Waals surface area contributed by atoms with Gasteiger partial charge in [-0.1, -0.05) is 48.4 Å². The van der Waals surface area contributed by atoms with E-state index in [1.807, 2.05) is 0 Å². The summed E-state index contributed by atoms with van der Waals surface area (Å²) < 4.78 is 18.7. The van der Waals surface area contributed by atoms with Crippen LogP contribution in [0.25, 0.3) is 0 Å². The van der Waals surface area contributed by atoms with E-state index in [1.165, 1.54) is 42.5 Å². The van der Waals surface area contributed by atoms with Crippen LogP contribution in [0.2, 0.25) is 0 Å². The first kappa shape index (κ1) is 17.3. The smallest absolute Gasteiger partial charge is 0.123 e. The summed E-state index contributed by atoms with van der Waals surface area (Å²) in [5.74, 6) is 0.521. The van der Waals surface area contributed by atoms with Gasteiger partial charge in [0.1, 0.15) is 11.6 Å². The van der Waals surface area contributed by atoms with Gasteiger partial charge in [0.05, 0.1) is 6.61 Å². The lowest BCUT2D eigenvalue weighted by molar-refractivity contribution is 0.0869. The van der Waals surface area contributed by atoms with E-state index in [0.29, 0.717) is 18.7 Å². The zero-order chi connectivity index (χ0) is 17.8. The molecule has 2 atom stereocenters. The minimum atomic E-state index is -0.223. The molecule has 2 nitrogen and oxygen atoms in total. The van der Waals surface area contributed by atoms with E-state index in [-0.39, 0.29) is 5.82 Å². The van der Waals surface area contributed by atoms with Crippen LogP contribution in [0.1, 0.15) is 37.7 Å². The quantitative estimate of drug-likeness (QED) is 0.651. The number of rotatable bonds is 6. The minimum absolute atomic E-state index is 0.223. The van der Waals surface area contributed by atoms with Crippen molar-refractivity contribution in [3.05, 3.63) is 77.6 Å². The Hall–Kier alpha value is -2.13. The molecule has 2 unspecified atom stereocenters. The molecule has 26 heavy (non-hydrogen) atoms. The van der Waals surface area contributed by atoms with Crippen molar-refractivity contribution < 1.29 is 9.13 Å². The van der Waals surface area contributed by atoms with Gasteiger partial charge in [0.25, 0.3) is 0 Å². The van der Waals surface area contributed by atoms with Crippen molar-refractivity contribution in [2.75, 3.05) is 6.61 Å². The maximum atomic E-state index is 13.0. The molecule has 2 bridgehead atoms. The van der Waals surface area contributed by atoms with Crippen LogP contribution >= 0.6 is 0 Å². The van der Waals surface area contributed by atoms with Crippen molar-refractivity contribution >= 4 is 0 Å². The highest BCUT2D eigenvalue weighted by atomic mass is 19.1. The zero-order valence-electron chi connectivity index (χ0n) is 15.1. The van der Waals surface area contributed by atoms with Crippen molar-refractivity contribution in [1.82, 2.24) is 4.90 Å². The lowest BCUT2D eigenvalue weighted by Crippen LogP contribution is -2.48. The number of ether oxygens (including phenoxy) is 1. The molecule has 4 rings (SSSR count). The van der Waals surface area contributed by atoms with Gasteiger partial charge in [-0.05, 0) is 49.1 Å². The Bertz CT molecular complexity index is 741. The molecule has 2 heterocycles. The summed E-state index contributed by atoms with van der Waals surface area (Å²) in [7, 11) is 0. The topological polar surface area (TPSA) is 12.5 Å². The molecule has 3 heteroatoms. The van der Waals surface area contributed by atoms with Gasteiger partial charge in [-0.25, -0.2) is 4.39 Å². The summed E-state index contributed by atoms with van der Waals surface area (Å²) >= 11 is 0. The first-order chi connectivity index (χ1) is 12.8. The highest BCUT2D eigenvalue weighted by Crippen LogP contribution is 2.35. The SMILES string of the molecule is Fc1ccc(OCCC2=CC3CCCC(C2)N3Cc2ccccc2)cc1. The molecule has 136 valence electrons. The third-order valence-electron chi connectivity index (χ3n) is 5.57. The standard InChI is InChI=1S/C23H26FNO/c24-20-9-11-23(12-10-20)26-14-13-19-15-21-7-4-8-22(16-19)25(21)17-18-5-2-1-3-6-18/h1-3,5-6,9-12,15,21-22H,4,7-8,13-14,16-17H2. The number of nitrogens with zero attached hydrogens (tertiary/aromatic N) is 1. The second kappa shape index (κ2) is 8.05. The summed E-state index contributed by atoms with van der Waals surface area (Å²) in [6, 6.07) is 18.3. The van der Waals surface area contributed by atoms with E-state index < -0.39 is 0 Å². The molecule has 0 spiro atoms. The summed E-state index contributed by atoms with van der Waals surface area (Å²) in [6.07, 6.45) is 8.47. The van der Waals surface area contributed by atoms with E-state index in [9.17, 15) is 4.39 Å². The van der Waals surface area contributed by atoms with E-state index in [2.05, 4.69) is 41.3 Å². The molecule has 1 fully saturated rings. The highest BCUT2D eigenvalue weighted by Gasteiger charge is 2.33. The number of halogens is 1. The van der Waals surface area contributed by atoms with Crippen LogP contribution in [0.4, 0.5) is 4.39 Å². The fraction of sp³-hybridized carbons (Fsp3) is 0.391. The van der Waals surface area contributed by atoms with Crippen molar-refractivity contribution in [2.24, 2.45) is 0 Å². The van der Waals surface area contributed by atoms with Gasteiger partial charge in [-0.2, -0.15) is 0 Å². The maximum Gasteiger partial charge on any atom is 0.123 e. The lowest BCUT2D eigenvalue weighted by Gasteiger charge is -2.45. The second-order valence-corrected chi connectivity index (χ2v) is 7.39. The highest BCUT2D eigenvalue weighted by molar-refractivity contribution is 5.23. The van der Waals surface area contributed by atoms with E-state index >= 15 is 0 Å². The molecule has 2 aromatic carbocycles. The Balaban J connectivity index is 1.36. The average Bonchev–Trinajstić information content (AvgIpc) is 2.65. The number of hydrogen-bond donors (Lipinski definition) is 0. The second-order valence-electron chi connectivity index (χ2n) is 7.39. The molecule has 0 aromatic heterocycles. The van der Waals surface area contributed by atoms with Gasteiger partial charge in [-0.3, -0.25) is 4.90 Å². The summed E-state index contributed by atoms with van der Waals surface area (Å²) in [6.45, 7) is 1.71. The monoisotopic (exact) mass is 351 g/mol. The molecule has 1 saturated heterocycles. The zero-order valence-corrected chi connectivity index (χ0v) is 15.1. The van der Waals surface area contributed by atoms with Crippen molar-refractivity contribution in [3.63, 3.8) is 0 Å². The van der Waals surface area contributed by atoms with Crippen molar-refractivity contribution in [2.45, 2.75) is 50.7 Å². The Morgan fingerprint density at radius 1 is 1.00 bits per heavy atom. The molecule has 2 aliphatic rings. The first-order valence-corrected chi connectivity index (χ1v) is 9.65. The summed E-state index contributed by atoms with van der Waals surface area (Å²) in [5, 5.41) is 0. The first-order valence-electron chi connectivity index (χ1n) is 9.65. The van der Waals surface area contributed by atoms with Crippen LogP contribution in [-0.4, -0.2) is 23.6 Å². The maximum absolute atomic E-state index is 13.0. The Labute approximate surface area is 155 Å². The predicted octanol–water partition coefficient (Wildman–Crippen LogP) is 5.35. The van der Waals surface area contributed by atoms with Crippen molar-refractivity contribution in [1.29, 1.82) is 0 Å².